The van der Waals surface area contributed by atoms with E-state index in [1.54, 1.807) is 4.90 Å². The number of carbonyl (C=O) groups excluding carboxylic acids is 1. The normalized spacial score (nSPS) is 12.3. The van der Waals surface area contributed by atoms with Crippen LogP contribution in [0, 0.1) is 0 Å². The average molecular weight is 435 g/mol. The predicted molar refractivity (Wildman–Crippen MR) is 118 cm³/mol. The van der Waals surface area contributed by atoms with Crippen LogP contribution in [0.4, 0.5) is 0 Å². The van der Waals surface area contributed by atoms with Gasteiger partial charge in [-0.2, -0.15) is 5.10 Å². The molecule has 4 rings (SSSR count). The Morgan fingerprint density at radius 2 is 1.88 bits per heavy atom. The van der Waals surface area contributed by atoms with Gasteiger partial charge in [0.25, 0.3) is 11.5 Å². The fourth-order valence-corrected chi connectivity index (χ4v) is 3.44. The summed E-state index contributed by atoms with van der Waals surface area (Å²) in [6, 6.07) is 17.8. The Morgan fingerprint density at radius 3 is 2.69 bits per heavy atom. The fraction of sp³-hybridized carbons (Fsp3) is 0.292. The molecule has 8 nitrogen and oxygen atoms in total. The lowest BCUT2D eigenvalue weighted by molar-refractivity contribution is 0.0739. The van der Waals surface area contributed by atoms with Crippen LogP contribution in [0.2, 0.25) is 0 Å². The Morgan fingerprint density at radius 1 is 1.06 bits per heavy atom. The summed E-state index contributed by atoms with van der Waals surface area (Å²) in [6.45, 7) is 4.20. The van der Waals surface area contributed by atoms with E-state index < -0.39 is 0 Å². The van der Waals surface area contributed by atoms with E-state index >= 15 is 0 Å². The molecule has 2 heterocycles. The highest BCUT2D eigenvalue weighted by Crippen LogP contribution is 2.34. The zero-order valence-electron chi connectivity index (χ0n) is 17.9. The Balaban J connectivity index is 1.47. The van der Waals surface area contributed by atoms with Gasteiger partial charge >= 0.3 is 0 Å². The topological polar surface area (TPSA) is 82.9 Å². The molecule has 0 N–H and O–H groups in total. The van der Waals surface area contributed by atoms with Crippen LogP contribution >= 0.6 is 0 Å². The summed E-state index contributed by atoms with van der Waals surface area (Å²) in [4.78, 5) is 27.0. The first kappa shape index (κ1) is 21.4. The van der Waals surface area contributed by atoms with Gasteiger partial charge in [-0.25, -0.2) is 4.68 Å². The lowest BCUT2D eigenvalue weighted by Crippen LogP contribution is -2.34. The highest BCUT2D eigenvalue weighted by Gasteiger charge is 2.21. The lowest BCUT2D eigenvalue weighted by atomic mass is 10.1. The van der Waals surface area contributed by atoms with Crippen LogP contribution in [-0.2, 0) is 13.1 Å². The highest BCUT2D eigenvalue weighted by atomic mass is 16.6. The second kappa shape index (κ2) is 10.00. The number of fused-ring (bicyclic) bond motifs is 1. The number of nitrogens with zero attached hydrogens (tertiary/aromatic N) is 3. The molecule has 0 bridgehead atoms. The van der Waals surface area contributed by atoms with Crippen LogP contribution in [0.15, 0.2) is 65.5 Å². The molecule has 3 aromatic rings. The maximum absolute atomic E-state index is 13.2. The van der Waals surface area contributed by atoms with Crippen molar-refractivity contribution >= 4 is 5.91 Å². The second-order valence-corrected chi connectivity index (χ2v) is 7.20. The van der Waals surface area contributed by atoms with Gasteiger partial charge in [0.15, 0.2) is 11.5 Å². The van der Waals surface area contributed by atoms with Crippen molar-refractivity contribution in [1.29, 1.82) is 0 Å². The van der Waals surface area contributed by atoms with Crippen molar-refractivity contribution in [3.63, 3.8) is 0 Å². The average Bonchev–Trinajstić information content (AvgIpc) is 2.84. The largest absolute Gasteiger partial charge is 0.492 e. The van der Waals surface area contributed by atoms with Gasteiger partial charge in [-0.05, 0) is 31.2 Å². The minimum atomic E-state index is -0.288. The minimum Gasteiger partial charge on any atom is -0.492 e. The maximum Gasteiger partial charge on any atom is 0.274 e. The maximum atomic E-state index is 13.2. The van der Waals surface area contributed by atoms with Gasteiger partial charge in [-0.1, -0.05) is 30.3 Å². The quantitative estimate of drug-likeness (QED) is 0.541. The number of hydrogen-bond acceptors (Lipinski definition) is 6. The van der Waals surface area contributed by atoms with E-state index in [1.807, 2.05) is 55.5 Å². The molecule has 0 saturated heterocycles. The molecule has 0 aliphatic carbocycles. The van der Waals surface area contributed by atoms with Gasteiger partial charge in [-0.15, -0.1) is 0 Å². The molecule has 0 fully saturated rings. The summed E-state index contributed by atoms with van der Waals surface area (Å²) in [5, 5.41) is 4.28. The first-order valence-electron chi connectivity index (χ1n) is 10.6. The molecule has 2 aromatic carbocycles. The lowest BCUT2D eigenvalue weighted by Gasteiger charge is -2.25. The third-order valence-electron chi connectivity index (χ3n) is 5.08. The van der Waals surface area contributed by atoms with Gasteiger partial charge in [-0.3, -0.25) is 9.59 Å². The summed E-state index contributed by atoms with van der Waals surface area (Å²) in [5.74, 6) is 1.80. The fourth-order valence-electron chi connectivity index (χ4n) is 3.44. The van der Waals surface area contributed by atoms with Crippen molar-refractivity contribution < 1.29 is 19.0 Å². The van der Waals surface area contributed by atoms with Gasteiger partial charge in [0, 0.05) is 24.7 Å². The van der Waals surface area contributed by atoms with Gasteiger partial charge in [0.2, 0.25) is 0 Å². The van der Waals surface area contributed by atoms with E-state index in [-0.39, 0.29) is 30.3 Å². The number of carbonyl (C=O) groups is 1. The monoisotopic (exact) mass is 435 g/mol. The van der Waals surface area contributed by atoms with Crippen LogP contribution < -0.4 is 19.8 Å². The van der Waals surface area contributed by atoms with E-state index in [2.05, 4.69) is 5.10 Å². The molecule has 0 spiro atoms. The van der Waals surface area contributed by atoms with Crippen LogP contribution in [-0.4, -0.2) is 47.0 Å². The number of benzene rings is 2. The number of hydrogen-bond donors (Lipinski definition) is 0. The Labute approximate surface area is 186 Å². The number of rotatable bonds is 8. The molecule has 8 heteroatoms. The molecule has 1 aromatic heterocycles. The molecule has 166 valence electrons. The standard InChI is InChI=1S/C24H25N3O5/c1-2-26(17-18-7-6-10-21-23(18)32-16-15-31-21)24(29)20-11-12-22(28)27(25-20)13-14-30-19-8-4-3-5-9-19/h3-12H,2,13-17H2,1H3. The molecular formula is C24H25N3O5. The third kappa shape index (κ3) is 4.91. The number of amides is 1. The number of aromatic nitrogens is 2. The van der Waals surface area contributed by atoms with Crippen molar-refractivity contribution in [3.05, 3.63) is 82.3 Å². The molecule has 0 atom stereocenters. The van der Waals surface area contributed by atoms with Crippen molar-refractivity contribution in [2.24, 2.45) is 0 Å². The van der Waals surface area contributed by atoms with Crippen molar-refractivity contribution in [3.8, 4) is 17.2 Å². The summed E-state index contributed by atoms with van der Waals surface area (Å²) in [6.07, 6.45) is 0. The summed E-state index contributed by atoms with van der Waals surface area (Å²) in [5.41, 5.74) is 0.777. The van der Waals surface area contributed by atoms with E-state index in [0.29, 0.717) is 43.6 Å². The first-order chi connectivity index (χ1) is 15.7. The highest BCUT2D eigenvalue weighted by molar-refractivity contribution is 5.92. The third-order valence-corrected chi connectivity index (χ3v) is 5.08. The first-order valence-corrected chi connectivity index (χ1v) is 10.6. The second-order valence-electron chi connectivity index (χ2n) is 7.20. The molecule has 0 radical (unpaired) electrons. The molecular weight excluding hydrogens is 410 g/mol. The van der Waals surface area contributed by atoms with Gasteiger partial charge < -0.3 is 19.1 Å². The van der Waals surface area contributed by atoms with Crippen molar-refractivity contribution in [1.82, 2.24) is 14.7 Å². The zero-order valence-corrected chi connectivity index (χ0v) is 17.9. The summed E-state index contributed by atoms with van der Waals surface area (Å²) < 4.78 is 18.3. The molecule has 32 heavy (non-hydrogen) atoms. The van der Waals surface area contributed by atoms with Gasteiger partial charge in [0.05, 0.1) is 6.54 Å². The molecule has 0 saturated carbocycles. The molecule has 1 aliphatic rings. The molecule has 1 amide bonds. The Bertz CT molecular complexity index is 1130. The number of para-hydroxylation sites is 2. The molecule has 1 aliphatic heterocycles. The van der Waals surface area contributed by atoms with E-state index in [9.17, 15) is 9.59 Å². The predicted octanol–water partition coefficient (Wildman–Crippen LogP) is 2.76. The van der Waals surface area contributed by atoms with Crippen molar-refractivity contribution in [2.45, 2.75) is 20.0 Å². The van der Waals surface area contributed by atoms with Crippen LogP contribution in [0.25, 0.3) is 0 Å². The number of ether oxygens (including phenoxy) is 3. The molecule has 0 unspecified atom stereocenters. The van der Waals surface area contributed by atoms with E-state index in [4.69, 9.17) is 14.2 Å². The van der Waals surface area contributed by atoms with Gasteiger partial charge in [0.1, 0.15) is 31.3 Å². The minimum absolute atomic E-state index is 0.202. The van der Waals surface area contributed by atoms with Crippen LogP contribution in [0.5, 0.6) is 17.2 Å². The Hall–Kier alpha value is -3.81. The van der Waals surface area contributed by atoms with Crippen molar-refractivity contribution in [2.75, 3.05) is 26.4 Å². The van der Waals surface area contributed by atoms with E-state index in [1.165, 1.54) is 16.8 Å². The Kier molecular flexibility index (Phi) is 6.69. The summed E-state index contributed by atoms with van der Waals surface area (Å²) >= 11 is 0. The smallest absolute Gasteiger partial charge is 0.274 e. The van der Waals surface area contributed by atoms with E-state index in [0.717, 1.165) is 5.56 Å². The zero-order chi connectivity index (χ0) is 22.3. The SMILES string of the molecule is CCN(Cc1cccc2c1OCCO2)C(=O)c1ccc(=O)n(CCOc2ccccc2)n1. The van der Waals surface area contributed by atoms with Crippen LogP contribution in [0.1, 0.15) is 23.0 Å². The van der Waals surface area contributed by atoms with Crippen LogP contribution in [0.3, 0.4) is 0 Å². The summed E-state index contributed by atoms with van der Waals surface area (Å²) in [7, 11) is 0.